The molecule has 0 aliphatic carbocycles. The first-order chi connectivity index (χ1) is 10.7. The summed E-state index contributed by atoms with van der Waals surface area (Å²) in [7, 11) is 3.25. The fraction of sp³-hybridized carbons (Fsp3) is 0.588. The van der Waals surface area contributed by atoms with Crippen molar-refractivity contribution in [1.82, 2.24) is 10.2 Å². The van der Waals surface area contributed by atoms with Gasteiger partial charge in [-0.25, -0.2) is 0 Å². The highest BCUT2D eigenvalue weighted by Crippen LogP contribution is 2.29. The van der Waals surface area contributed by atoms with Gasteiger partial charge in [0.15, 0.2) is 11.5 Å². The van der Waals surface area contributed by atoms with E-state index in [-0.39, 0.29) is 18.3 Å². The Balaban J connectivity index is 0.00000192. The summed E-state index contributed by atoms with van der Waals surface area (Å²) in [5, 5.41) is 3.40. The van der Waals surface area contributed by atoms with Gasteiger partial charge in [-0.1, -0.05) is 6.07 Å². The van der Waals surface area contributed by atoms with E-state index in [9.17, 15) is 4.79 Å². The van der Waals surface area contributed by atoms with E-state index >= 15 is 0 Å². The van der Waals surface area contributed by atoms with Crippen molar-refractivity contribution >= 4 is 18.3 Å². The minimum atomic E-state index is 0. The first kappa shape index (κ1) is 17.9. The van der Waals surface area contributed by atoms with Gasteiger partial charge in [-0.3, -0.25) is 4.79 Å². The standard InChI is InChI=1S/C17H24N2O3.ClH/c1-21-15-5-3-12(7-16(15)22-2)4-6-17(20)19-10-13-8-18-9-14(13)11-19;/h3,5,7,13-14,18H,4,6,8-11H2,1-2H3;1H/t13-,14+;. The van der Waals surface area contributed by atoms with Crippen molar-refractivity contribution in [3.63, 3.8) is 0 Å². The molecule has 2 atom stereocenters. The van der Waals surface area contributed by atoms with Crippen LogP contribution in [0.5, 0.6) is 11.5 Å². The number of nitrogens with zero attached hydrogens (tertiary/aromatic N) is 1. The minimum absolute atomic E-state index is 0. The number of likely N-dealkylation sites (tertiary alicyclic amines) is 1. The van der Waals surface area contributed by atoms with Crippen LogP contribution in [0.3, 0.4) is 0 Å². The Labute approximate surface area is 143 Å². The van der Waals surface area contributed by atoms with Crippen LogP contribution in [-0.4, -0.2) is 51.2 Å². The molecule has 2 aliphatic rings. The summed E-state index contributed by atoms with van der Waals surface area (Å²) in [5.74, 6) is 3.02. The van der Waals surface area contributed by atoms with Crippen LogP contribution in [0.4, 0.5) is 0 Å². The normalized spacial score (nSPS) is 22.4. The first-order valence-corrected chi connectivity index (χ1v) is 7.90. The molecule has 0 spiro atoms. The number of carbonyl (C=O) groups is 1. The van der Waals surface area contributed by atoms with Gasteiger partial charge in [-0.05, 0) is 36.0 Å². The summed E-state index contributed by atoms with van der Waals surface area (Å²) in [4.78, 5) is 14.4. The number of halogens is 1. The molecule has 0 radical (unpaired) electrons. The molecular formula is C17H25ClN2O3. The number of ether oxygens (including phenoxy) is 2. The Morgan fingerprint density at radius 1 is 1.17 bits per heavy atom. The van der Waals surface area contributed by atoms with Crippen molar-refractivity contribution in [3.05, 3.63) is 23.8 Å². The van der Waals surface area contributed by atoms with Crippen molar-refractivity contribution in [2.45, 2.75) is 12.8 Å². The van der Waals surface area contributed by atoms with Crippen molar-refractivity contribution in [1.29, 1.82) is 0 Å². The summed E-state index contributed by atoms with van der Waals surface area (Å²) in [6.07, 6.45) is 1.30. The van der Waals surface area contributed by atoms with Crippen molar-refractivity contribution in [2.75, 3.05) is 40.4 Å². The summed E-state index contributed by atoms with van der Waals surface area (Å²) < 4.78 is 10.5. The number of hydrogen-bond acceptors (Lipinski definition) is 4. The lowest BCUT2D eigenvalue weighted by molar-refractivity contribution is -0.130. The molecule has 2 saturated heterocycles. The van der Waals surface area contributed by atoms with E-state index in [0.29, 0.717) is 24.0 Å². The monoisotopic (exact) mass is 340 g/mol. The average molecular weight is 341 g/mol. The van der Waals surface area contributed by atoms with Crippen LogP contribution in [0.15, 0.2) is 18.2 Å². The van der Waals surface area contributed by atoms with Crippen molar-refractivity contribution < 1.29 is 14.3 Å². The molecule has 2 fully saturated rings. The maximum absolute atomic E-state index is 12.4. The summed E-state index contributed by atoms with van der Waals surface area (Å²) >= 11 is 0. The molecule has 23 heavy (non-hydrogen) atoms. The van der Waals surface area contributed by atoms with E-state index in [2.05, 4.69) is 5.32 Å². The SMILES string of the molecule is COc1ccc(CCC(=O)N2C[C@H]3CNC[C@H]3C2)cc1OC.Cl. The number of hydrogen-bond donors (Lipinski definition) is 1. The van der Waals surface area contributed by atoms with E-state index < -0.39 is 0 Å². The second kappa shape index (κ2) is 7.88. The van der Waals surface area contributed by atoms with Gasteiger partial charge in [0.1, 0.15) is 0 Å². The quantitative estimate of drug-likeness (QED) is 0.887. The zero-order valence-electron chi connectivity index (χ0n) is 13.7. The molecule has 0 aromatic heterocycles. The van der Waals surface area contributed by atoms with Crippen LogP contribution in [0.2, 0.25) is 0 Å². The highest BCUT2D eigenvalue weighted by atomic mass is 35.5. The Hall–Kier alpha value is -1.46. The Kier molecular flexibility index (Phi) is 6.13. The van der Waals surface area contributed by atoms with Crippen LogP contribution in [-0.2, 0) is 11.2 Å². The molecule has 1 aromatic carbocycles. The lowest BCUT2D eigenvalue weighted by Gasteiger charge is -2.17. The maximum Gasteiger partial charge on any atom is 0.222 e. The molecule has 3 rings (SSSR count). The minimum Gasteiger partial charge on any atom is -0.493 e. The van der Waals surface area contributed by atoms with Crippen molar-refractivity contribution in [3.8, 4) is 11.5 Å². The number of nitrogens with one attached hydrogen (secondary N) is 1. The van der Waals surface area contributed by atoms with Crippen LogP contribution in [0.25, 0.3) is 0 Å². The van der Waals surface area contributed by atoms with E-state index in [1.54, 1.807) is 14.2 Å². The van der Waals surface area contributed by atoms with Crippen LogP contribution < -0.4 is 14.8 Å². The van der Waals surface area contributed by atoms with Gasteiger partial charge in [-0.2, -0.15) is 0 Å². The predicted octanol–water partition coefficient (Wildman–Crippen LogP) is 1.74. The maximum atomic E-state index is 12.4. The molecule has 1 amide bonds. The van der Waals surface area contributed by atoms with Gasteiger partial charge in [0, 0.05) is 32.6 Å². The largest absolute Gasteiger partial charge is 0.493 e. The van der Waals surface area contributed by atoms with Crippen LogP contribution in [0.1, 0.15) is 12.0 Å². The number of benzene rings is 1. The Bertz CT molecular complexity index is 541. The Morgan fingerprint density at radius 2 is 1.83 bits per heavy atom. The number of amides is 1. The van der Waals surface area contributed by atoms with Gasteiger partial charge >= 0.3 is 0 Å². The molecule has 6 heteroatoms. The van der Waals surface area contributed by atoms with E-state index in [0.717, 1.165) is 43.9 Å². The molecule has 2 heterocycles. The summed E-state index contributed by atoms with van der Waals surface area (Å²) in [5.41, 5.74) is 1.10. The van der Waals surface area contributed by atoms with E-state index in [4.69, 9.17) is 9.47 Å². The van der Waals surface area contributed by atoms with E-state index in [1.807, 2.05) is 23.1 Å². The summed E-state index contributed by atoms with van der Waals surface area (Å²) in [6, 6.07) is 5.84. The number of methoxy groups -OCH3 is 2. The highest BCUT2D eigenvalue weighted by Gasteiger charge is 2.37. The smallest absolute Gasteiger partial charge is 0.222 e. The molecule has 1 aromatic rings. The molecule has 0 saturated carbocycles. The molecular weight excluding hydrogens is 316 g/mol. The second-order valence-corrected chi connectivity index (χ2v) is 6.17. The molecule has 5 nitrogen and oxygen atoms in total. The summed E-state index contributed by atoms with van der Waals surface area (Å²) in [6.45, 7) is 3.96. The van der Waals surface area contributed by atoms with Gasteiger partial charge in [0.2, 0.25) is 5.91 Å². The molecule has 1 N–H and O–H groups in total. The van der Waals surface area contributed by atoms with Gasteiger partial charge < -0.3 is 19.7 Å². The first-order valence-electron chi connectivity index (χ1n) is 7.90. The number of fused-ring (bicyclic) bond motifs is 1. The fourth-order valence-electron chi connectivity index (χ4n) is 3.50. The third kappa shape index (κ3) is 3.90. The molecule has 2 aliphatic heterocycles. The van der Waals surface area contributed by atoms with Gasteiger partial charge in [0.05, 0.1) is 14.2 Å². The topological polar surface area (TPSA) is 50.8 Å². The molecule has 128 valence electrons. The second-order valence-electron chi connectivity index (χ2n) is 6.17. The van der Waals surface area contributed by atoms with Crippen molar-refractivity contribution in [2.24, 2.45) is 11.8 Å². The van der Waals surface area contributed by atoms with Crippen LogP contribution in [0, 0.1) is 11.8 Å². The third-order valence-corrected chi connectivity index (χ3v) is 4.82. The lowest BCUT2D eigenvalue weighted by atomic mass is 10.0. The fourth-order valence-corrected chi connectivity index (χ4v) is 3.50. The Morgan fingerprint density at radius 3 is 2.43 bits per heavy atom. The number of rotatable bonds is 5. The van der Waals surface area contributed by atoms with Crippen LogP contribution >= 0.6 is 12.4 Å². The number of carbonyl (C=O) groups excluding carboxylic acids is 1. The molecule has 0 bridgehead atoms. The average Bonchev–Trinajstić information content (AvgIpc) is 3.13. The highest BCUT2D eigenvalue weighted by molar-refractivity contribution is 5.85. The zero-order valence-corrected chi connectivity index (χ0v) is 14.5. The predicted molar refractivity (Wildman–Crippen MR) is 91.5 cm³/mol. The van der Waals surface area contributed by atoms with Gasteiger partial charge in [0.25, 0.3) is 0 Å². The van der Waals surface area contributed by atoms with E-state index in [1.165, 1.54) is 0 Å². The zero-order chi connectivity index (χ0) is 15.5. The third-order valence-electron chi connectivity index (χ3n) is 4.82. The number of aryl methyl sites for hydroxylation is 1. The van der Waals surface area contributed by atoms with Gasteiger partial charge in [-0.15, -0.1) is 12.4 Å². The lowest BCUT2D eigenvalue weighted by Crippen LogP contribution is -2.31. The molecule has 0 unspecified atom stereocenters.